The molecule has 1 saturated carbocycles. The lowest BCUT2D eigenvalue weighted by atomic mass is 10.2. The van der Waals surface area contributed by atoms with Crippen LogP contribution in [0.15, 0.2) is 24.3 Å². The number of methoxy groups -OCH3 is 1. The maximum absolute atomic E-state index is 12.9. The summed E-state index contributed by atoms with van der Waals surface area (Å²) in [5.41, 5.74) is 0.976. The number of benzene rings is 1. The van der Waals surface area contributed by atoms with Crippen molar-refractivity contribution in [2.45, 2.75) is 25.4 Å². The average molecular weight is 326 g/mol. The standard InChI is InChI=1S/C15H22N2O4S/c1-20-15-6-2-13(3-7-15)12-17(14-4-5-14)22(18,19)16-8-10-21-11-9-16/h2-3,6-7,14H,4-5,8-12H2,1H3. The van der Waals surface area contributed by atoms with E-state index in [2.05, 4.69) is 0 Å². The summed E-state index contributed by atoms with van der Waals surface area (Å²) in [5, 5.41) is 0. The van der Waals surface area contributed by atoms with Gasteiger partial charge in [0.25, 0.3) is 10.2 Å². The zero-order valence-corrected chi connectivity index (χ0v) is 13.6. The van der Waals surface area contributed by atoms with E-state index in [1.54, 1.807) is 15.7 Å². The van der Waals surface area contributed by atoms with Crippen LogP contribution in [-0.4, -0.2) is 56.5 Å². The molecule has 1 saturated heterocycles. The Hall–Kier alpha value is -1.15. The van der Waals surface area contributed by atoms with E-state index >= 15 is 0 Å². The van der Waals surface area contributed by atoms with Gasteiger partial charge >= 0.3 is 0 Å². The van der Waals surface area contributed by atoms with Crippen LogP contribution < -0.4 is 4.74 Å². The highest BCUT2D eigenvalue weighted by Gasteiger charge is 2.40. The Bertz CT molecular complexity index is 592. The molecule has 3 rings (SSSR count). The smallest absolute Gasteiger partial charge is 0.282 e. The van der Waals surface area contributed by atoms with Gasteiger partial charge in [-0.2, -0.15) is 17.0 Å². The summed E-state index contributed by atoms with van der Waals surface area (Å²) in [5.74, 6) is 0.776. The van der Waals surface area contributed by atoms with E-state index in [1.807, 2.05) is 24.3 Å². The van der Waals surface area contributed by atoms with Gasteiger partial charge in [0, 0.05) is 25.7 Å². The molecule has 122 valence electrons. The first kappa shape index (κ1) is 15.7. The molecule has 1 aliphatic carbocycles. The summed E-state index contributed by atoms with van der Waals surface area (Å²) in [6.07, 6.45) is 1.89. The first-order chi connectivity index (χ1) is 10.6. The molecule has 6 nitrogen and oxygen atoms in total. The van der Waals surface area contributed by atoms with Crippen LogP contribution in [0, 0.1) is 0 Å². The maximum Gasteiger partial charge on any atom is 0.282 e. The fourth-order valence-electron chi connectivity index (χ4n) is 2.60. The summed E-state index contributed by atoms with van der Waals surface area (Å²) in [7, 11) is -1.80. The molecule has 1 aromatic carbocycles. The zero-order chi connectivity index (χ0) is 15.6. The molecule has 0 N–H and O–H groups in total. The van der Waals surface area contributed by atoms with Crippen molar-refractivity contribution in [3.05, 3.63) is 29.8 Å². The van der Waals surface area contributed by atoms with Gasteiger partial charge < -0.3 is 9.47 Å². The summed E-state index contributed by atoms with van der Waals surface area (Å²) in [6.45, 7) is 2.23. The van der Waals surface area contributed by atoms with E-state index in [9.17, 15) is 8.42 Å². The van der Waals surface area contributed by atoms with Gasteiger partial charge in [-0.25, -0.2) is 0 Å². The predicted octanol–water partition coefficient (Wildman–Crippen LogP) is 1.24. The molecule has 0 bridgehead atoms. The van der Waals surface area contributed by atoms with E-state index in [0.29, 0.717) is 32.8 Å². The molecule has 0 aromatic heterocycles. The molecule has 22 heavy (non-hydrogen) atoms. The zero-order valence-electron chi connectivity index (χ0n) is 12.8. The van der Waals surface area contributed by atoms with Crippen LogP contribution in [0.5, 0.6) is 5.75 Å². The van der Waals surface area contributed by atoms with Gasteiger partial charge in [0.05, 0.1) is 20.3 Å². The average Bonchev–Trinajstić information content (AvgIpc) is 3.38. The largest absolute Gasteiger partial charge is 0.497 e. The topological polar surface area (TPSA) is 59.1 Å². The fourth-order valence-corrected chi connectivity index (χ4v) is 4.41. The second-order valence-corrected chi connectivity index (χ2v) is 7.52. The van der Waals surface area contributed by atoms with Gasteiger partial charge in [-0.15, -0.1) is 0 Å². The minimum atomic E-state index is -3.42. The summed E-state index contributed by atoms with van der Waals surface area (Å²) >= 11 is 0. The number of hydrogen-bond donors (Lipinski definition) is 0. The van der Waals surface area contributed by atoms with Crippen LogP contribution >= 0.6 is 0 Å². The Morgan fingerprint density at radius 1 is 1.23 bits per heavy atom. The quantitative estimate of drug-likeness (QED) is 0.789. The molecular weight excluding hydrogens is 304 g/mol. The summed E-state index contributed by atoms with van der Waals surface area (Å²) in [4.78, 5) is 0. The highest BCUT2D eigenvalue weighted by molar-refractivity contribution is 7.86. The van der Waals surface area contributed by atoms with Gasteiger partial charge in [-0.05, 0) is 30.5 Å². The normalized spacial score (nSPS) is 20.3. The Kier molecular flexibility index (Phi) is 4.67. The monoisotopic (exact) mass is 326 g/mol. The van der Waals surface area contributed by atoms with E-state index in [0.717, 1.165) is 24.2 Å². The number of ether oxygens (including phenoxy) is 2. The van der Waals surface area contributed by atoms with Crippen molar-refractivity contribution in [1.82, 2.24) is 8.61 Å². The van der Waals surface area contributed by atoms with Crippen molar-refractivity contribution in [3.8, 4) is 5.75 Å². The number of morpholine rings is 1. The molecule has 0 radical (unpaired) electrons. The van der Waals surface area contributed by atoms with Crippen molar-refractivity contribution >= 4 is 10.2 Å². The van der Waals surface area contributed by atoms with E-state index in [-0.39, 0.29) is 6.04 Å². The lowest BCUT2D eigenvalue weighted by Crippen LogP contribution is -2.49. The molecule has 0 unspecified atom stereocenters. The second-order valence-electron chi connectivity index (χ2n) is 5.64. The third-order valence-electron chi connectivity index (χ3n) is 4.04. The van der Waals surface area contributed by atoms with Crippen molar-refractivity contribution in [2.24, 2.45) is 0 Å². The summed E-state index contributed by atoms with van der Waals surface area (Å²) in [6, 6.07) is 7.70. The third-order valence-corrected chi connectivity index (χ3v) is 6.08. The van der Waals surface area contributed by atoms with E-state index < -0.39 is 10.2 Å². The SMILES string of the molecule is COc1ccc(CN(C2CC2)S(=O)(=O)N2CCOCC2)cc1. The molecule has 2 fully saturated rings. The molecular formula is C15H22N2O4S. The minimum Gasteiger partial charge on any atom is -0.497 e. The van der Waals surface area contributed by atoms with Gasteiger partial charge in [-0.1, -0.05) is 12.1 Å². The van der Waals surface area contributed by atoms with Crippen molar-refractivity contribution < 1.29 is 17.9 Å². The van der Waals surface area contributed by atoms with Crippen LogP contribution in [0.3, 0.4) is 0 Å². The van der Waals surface area contributed by atoms with Gasteiger partial charge in [0.15, 0.2) is 0 Å². The Morgan fingerprint density at radius 2 is 1.86 bits per heavy atom. The Balaban J connectivity index is 1.76. The lowest BCUT2D eigenvalue weighted by molar-refractivity contribution is 0.0698. The molecule has 0 spiro atoms. The van der Waals surface area contributed by atoms with Crippen molar-refractivity contribution in [2.75, 3.05) is 33.4 Å². The van der Waals surface area contributed by atoms with Crippen LogP contribution in [0.2, 0.25) is 0 Å². The second kappa shape index (κ2) is 6.54. The first-order valence-electron chi connectivity index (χ1n) is 7.59. The van der Waals surface area contributed by atoms with Crippen LogP contribution in [0.1, 0.15) is 18.4 Å². The Morgan fingerprint density at radius 3 is 2.41 bits per heavy atom. The molecule has 1 aromatic rings. The van der Waals surface area contributed by atoms with Crippen molar-refractivity contribution in [3.63, 3.8) is 0 Å². The third kappa shape index (κ3) is 3.43. The number of rotatable bonds is 6. The molecule has 1 aliphatic heterocycles. The highest BCUT2D eigenvalue weighted by Crippen LogP contribution is 2.32. The highest BCUT2D eigenvalue weighted by atomic mass is 32.2. The van der Waals surface area contributed by atoms with E-state index in [1.165, 1.54) is 0 Å². The fraction of sp³-hybridized carbons (Fsp3) is 0.600. The van der Waals surface area contributed by atoms with Gasteiger partial charge in [0.2, 0.25) is 0 Å². The van der Waals surface area contributed by atoms with E-state index in [4.69, 9.17) is 9.47 Å². The van der Waals surface area contributed by atoms with Crippen LogP contribution in [0.25, 0.3) is 0 Å². The molecule has 0 atom stereocenters. The number of nitrogens with zero attached hydrogens (tertiary/aromatic N) is 2. The predicted molar refractivity (Wildman–Crippen MR) is 82.9 cm³/mol. The molecule has 7 heteroatoms. The van der Waals surface area contributed by atoms with Crippen LogP contribution in [0.4, 0.5) is 0 Å². The lowest BCUT2D eigenvalue weighted by Gasteiger charge is -2.32. The number of hydrogen-bond acceptors (Lipinski definition) is 4. The van der Waals surface area contributed by atoms with Gasteiger partial charge in [-0.3, -0.25) is 0 Å². The Labute approximate surface area is 131 Å². The summed E-state index contributed by atoms with van der Waals surface area (Å²) < 4.78 is 39.3. The van der Waals surface area contributed by atoms with Gasteiger partial charge in [0.1, 0.15) is 5.75 Å². The molecule has 0 amide bonds. The van der Waals surface area contributed by atoms with Crippen molar-refractivity contribution in [1.29, 1.82) is 0 Å². The minimum absolute atomic E-state index is 0.134. The first-order valence-corrected chi connectivity index (χ1v) is 8.98. The maximum atomic E-state index is 12.9. The molecule has 2 aliphatic rings. The molecule has 1 heterocycles. The van der Waals surface area contributed by atoms with Crippen LogP contribution in [-0.2, 0) is 21.5 Å².